The predicted molar refractivity (Wildman–Crippen MR) is 83.0 cm³/mol. The Labute approximate surface area is 136 Å². The van der Waals surface area contributed by atoms with Crippen molar-refractivity contribution in [3.63, 3.8) is 0 Å². The van der Waals surface area contributed by atoms with E-state index >= 15 is 0 Å². The Bertz CT molecular complexity index is 988. The van der Waals surface area contributed by atoms with E-state index in [-0.39, 0.29) is 10.6 Å². The maximum Gasteiger partial charge on any atom is 0.352 e. The van der Waals surface area contributed by atoms with Crippen molar-refractivity contribution >= 4 is 21.7 Å². The number of hydrogen-bond donors (Lipinski definition) is 3. The zero-order chi connectivity index (χ0) is 17.3. The smallest absolute Gasteiger partial charge is 0.352 e. The molecule has 3 N–H and O–H groups in total. The van der Waals surface area contributed by atoms with Gasteiger partial charge in [-0.2, -0.15) is 0 Å². The number of carboxylic acids is 1. The number of nitrogens with zero attached hydrogens (tertiary/aromatic N) is 2. The van der Waals surface area contributed by atoms with Gasteiger partial charge in [0.1, 0.15) is 10.6 Å². The number of rotatable bonds is 5. The van der Waals surface area contributed by atoms with Crippen LogP contribution in [0, 0.1) is 6.92 Å². The molecular weight excluding hydrogens is 336 g/mol. The third-order valence-electron chi connectivity index (χ3n) is 3.11. The fourth-order valence-corrected chi connectivity index (χ4v) is 3.01. The number of sulfonamides is 1. The van der Waals surface area contributed by atoms with Gasteiger partial charge in [0.25, 0.3) is 10.0 Å². The fraction of sp³-hybridized carbons (Fsp3) is 0.0714. The number of H-pyrrole nitrogens is 1. The van der Waals surface area contributed by atoms with Gasteiger partial charge in [0.15, 0.2) is 0 Å². The molecule has 0 unspecified atom stereocenters. The lowest BCUT2D eigenvalue weighted by molar-refractivity contribution is 0.0691. The van der Waals surface area contributed by atoms with Gasteiger partial charge in [-0.15, -0.1) is 10.2 Å². The van der Waals surface area contributed by atoms with Crippen molar-refractivity contribution in [2.45, 2.75) is 11.8 Å². The molecule has 24 heavy (non-hydrogen) atoms. The van der Waals surface area contributed by atoms with Gasteiger partial charge >= 0.3 is 5.97 Å². The summed E-state index contributed by atoms with van der Waals surface area (Å²) in [7, 11) is -3.90. The first kappa shape index (κ1) is 15.7. The molecule has 0 saturated carbocycles. The standard InChI is InChI=1S/C14H12N4O5S/c1-8-16-17-13(23-8)9-2-4-10(5-3-9)18-24(21,22)11-6-12(14(19)20)15-7-11/h2-7,15,18H,1H3,(H,19,20). The Kier molecular flexibility index (Phi) is 3.81. The minimum absolute atomic E-state index is 0.170. The van der Waals surface area contributed by atoms with Crippen LogP contribution < -0.4 is 4.72 Å². The molecule has 10 heteroatoms. The number of anilines is 1. The highest BCUT2D eigenvalue weighted by Gasteiger charge is 2.18. The largest absolute Gasteiger partial charge is 0.477 e. The van der Waals surface area contributed by atoms with Gasteiger partial charge in [0.05, 0.1) is 0 Å². The van der Waals surface area contributed by atoms with Crippen LogP contribution in [0.3, 0.4) is 0 Å². The topological polar surface area (TPSA) is 138 Å². The summed E-state index contributed by atoms with van der Waals surface area (Å²) in [5, 5.41) is 16.4. The van der Waals surface area contributed by atoms with Crippen molar-refractivity contribution in [2.75, 3.05) is 4.72 Å². The number of aromatic carboxylic acids is 1. The van der Waals surface area contributed by atoms with Crippen molar-refractivity contribution in [3.8, 4) is 11.5 Å². The van der Waals surface area contributed by atoms with E-state index < -0.39 is 16.0 Å². The summed E-state index contributed by atoms with van der Waals surface area (Å²) in [4.78, 5) is 13.0. The lowest BCUT2D eigenvalue weighted by Crippen LogP contribution is -2.12. The first-order valence-corrected chi connectivity index (χ1v) is 8.18. The van der Waals surface area contributed by atoms with E-state index in [0.717, 1.165) is 12.3 Å². The number of aromatic amines is 1. The van der Waals surface area contributed by atoms with Crippen LogP contribution in [0.1, 0.15) is 16.4 Å². The number of aromatic nitrogens is 3. The molecule has 9 nitrogen and oxygen atoms in total. The number of benzene rings is 1. The summed E-state index contributed by atoms with van der Waals surface area (Å²) in [6.45, 7) is 1.67. The Morgan fingerprint density at radius 2 is 1.96 bits per heavy atom. The molecule has 0 aliphatic carbocycles. The van der Waals surface area contributed by atoms with E-state index in [9.17, 15) is 13.2 Å². The summed E-state index contributed by atoms with van der Waals surface area (Å²) in [5.41, 5.74) is 0.749. The molecule has 0 bridgehead atoms. The van der Waals surface area contributed by atoms with Gasteiger partial charge in [0, 0.05) is 24.4 Å². The van der Waals surface area contributed by atoms with E-state index in [4.69, 9.17) is 9.52 Å². The Hall–Kier alpha value is -3.14. The lowest BCUT2D eigenvalue weighted by Gasteiger charge is -2.06. The van der Waals surface area contributed by atoms with Crippen LogP contribution in [-0.2, 0) is 10.0 Å². The molecular formula is C14H12N4O5S. The predicted octanol–water partition coefficient (Wildman–Crippen LogP) is 1.87. The molecule has 0 radical (unpaired) electrons. The van der Waals surface area contributed by atoms with Crippen LogP contribution in [0.4, 0.5) is 5.69 Å². The van der Waals surface area contributed by atoms with Crippen LogP contribution in [0.15, 0.2) is 45.8 Å². The molecule has 0 spiro atoms. The first-order chi connectivity index (χ1) is 11.3. The van der Waals surface area contributed by atoms with Gasteiger partial charge in [-0.25, -0.2) is 13.2 Å². The van der Waals surface area contributed by atoms with Crippen LogP contribution in [0.5, 0.6) is 0 Å². The Morgan fingerprint density at radius 3 is 2.50 bits per heavy atom. The summed E-state index contributed by atoms with van der Waals surface area (Å²) < 4.78 is 32.1. The second-order valence-electron chi connectivity index (χ2n) is 4.86. The van der Waals surface area contributed by atoms with Gasteiger partial charge in [-0.05, 0) is 30.3 Å². The van der Waals surface area contributed by atoms with E-state index in [1.807, 2.05) is 0 Å². The van der Waals surface area contributed by atoms with E-state index in [2.05, 4.69) is 19.9 Å². The summed E-state index contributed by atoms with van der Waals surface area (Å²) in [5.74, 6) is -0.481. The molecule has 124 valence electrons. The van der Waals surface area contributed by atoms with Gasteiger partial charge in [-0.1, -0.05) is 0 Å². The third kappa shape index (κ3) is 3.13. The lowest BCUT2D eigenvalue weighted by atomic mass is 10.2. The highest BCUT2D eigenvalue weighted by atomic mass is 32.2. The van der Waals surface area contributed by atoms with E-state index in [1.165, 1.54) is 12.1 Å². The van der Waals surface area contributed by atoms with Gasteiger partial charge in [0.2, 0.25) is 11.8 Å². The van der Waals surface area contributed by atoms with Crippen molar-refractivity contribution in [2.24, 2.45) is 0 Å². The molecule has 0 amide bonds. The molecule has 1 aromatic carbocycles. The van der Waals surface area contributed by atoms with Crippen LogP contribution in [-0.4, -0.2) is 34.7 Å². The van der Waals surface area contributed by atoms with Crippen LogP contribution in [0.2, 0.25) is 0 Å². The number of nitrogens with one attached hydrogen (secondary N) is 2. The summed E-state index contributed by atoms with van der Waals surface area (Å²) >= 11 is 0. The normalized spacial score (nSPS) is 11.4. The first-order valence-electron chi connectivity index (χ1n) is 6.70. The maximum atomic E-state index is 12.2. The SMILES string of the molecule is Cc1nnc(-c2ccc(NS(=O)(=O)c3c[nH]c(C(=O)O)c3)cc2)o1. The Balaban J connectivity index is 1.80. The monoisotopic (exact) mass is 348 g/mol. The highest BCUT2D eigenvalue weighted by molar-refractivity contribution is 7.92. The average Bonchev–Trinajstić information content (AvgIpc) is 3.17. The molecule has 3 rings (SSSR count). The molecule has 2 heterocycles. The molecule has 0 aliphatic rings. The molecule has 0 fully saturated rings. The quantitative estimate of drug-likeness (QED) is 0.639. The molecule has 0 atom stereocenters. The highest BCUT2D eigenvalue weighted by Crippen LogP contribution is 2.22. The zero-order valence-corrected chi connectivity index (χ0v) is 13.2. The number of hydrogen-bond acceptors (Lipinski definition) is 6. The van der Waals surface area contributed by atoms with Crippen molar-refractivity contribution in [3.05, 3.63) is 48.1 Å². The zero-order valence-electron chi connectivity index (χ0n) is 12.3. The van der Waals surface area contributed by atoms with Crippen LogP contribution in [0.25, 0.3) is 11.5 Å². The second-order valence-corrected chi connectivity index (χ2v) is 6.55. The molecule has 2 aromatic heterocycles. The third-order valence-corrected chi connectivity index (χ3v) is 4.47. The molecule has 0 saturated heterocycles. The van der Waals surface area contributed by atoms with Crippen LogP contribution >= 0.6 is 0 Å². The van der Waals surface area contributed by atoms with Crippen molar-refractivity contribution in [1.82, 2.24) is 15.2 Å². The van der Waals surface area contributed by atoms with E-state index in [1.54, 1.807) is 19.1 Å². The number of carboxylic acid groups (broad SMARTS) is 1. The minimum Gasteiger partial charge on any atom is -0.477 e. The number of carbonyl (C=O) groups is 1. The average molecular weight is 348 g/mol. The van der Waals surface area contributed by atoms with Gasteiger partial charge in [-0.3, -0.25) is 4.72 Å². The fourth-order valence-electron chi connectivity index (χ4n) is 1.96. The van der Waals surface area contributed by atoms with E-state index in [0.29, 0.717) is 23.0 Å². The minimum atomic E-state index is -3.90. The van der Waals surface area contributed by atoms with Crippen molar-refractivity contribution in [1.29, 1.82) is 0 Å². The summed E-state index contributed by atoms with van der Waals surface area (Å²) in [6.07, 6.45) is 1.11. The molecule has 3 aromatic rings. The van der Waals surface area contributed by atoms with Gasteiger partial charge < -0.3 is 14.5 Å². The number of aryl methyl sites for hydroxylation is 1. The molecule has 0 aliphatic heterocycles. The second kappa shape index (κ2) is 5.81. The summed E-state index contributed by atoms with van der Waals surface area (Å²) in [6, 6.07) is 7.38. The van der Waals surface area contributed by atoms with Crippen molar-refractivity contribution < 1.29 is 22.7 Å². The maximum absolute atomic E-state index is 12.2. The Morgan fingerprint density at radius 1 is 1.25 bits per heavy atom.